The molecular formula is C18H20N2O5. The fourth-order valence-electron chi connectivity index (χ4n) is 2.08. The van der Waals surface area contributed by atoms with Crippen molar-refractivity contribution in [1.82, 2.24) is 0 Å². The summed E-state index contributed by atoms with van der Waals surface area (Å²) in [6.07, 6.45) is -1.15. The van der Waals surface area contributed by atoms with E-state index in [1.807, 2.05) is 30.3 Å². The Labute approximate surface area is 146 Å². The van der Waals surface area contributed by atoms with E-state index in [1.165, 1.54) is 18.1 Å². The monoisotopic (exact) mass is 344 g/mol. The summed E-state index contributed by atoms with van der Waals surface area (Å²) in [5.41, 5.74) is 1.16. The third kappa shape index (κ3) is 5.50. The predicted molar refractivity (Wildman–Crippen MR) is 94.2 cm³/mol. The summed E-state index contributed by atoms with van der Waals surface area (Å²) in [5, 5.41) is 2.51. The topological polar surface area (TPSA) is 77.1 Å². The first-order valence-electron chi connectivity index (χ1n) is 7.62. The van der Waals surface area contributed by atoms with Gasteiger partial charge in [0.1, 0.15) is 5.75 Å². The van der Waals surface area contributed by atoms with Crippen molar-refractivity contribution in [2.75, 3.05) is 37.6 Å². The van der Waals surface area contributed by atoms with Crippen molar-refractivity contribution < 1.29 is 23.8 Å². The van der Waals surface area contributed by atoms with Gasteiger partial charge in [-0.05, 0) is 24.3 Å². The number of hydrogen-bond acceptors (Lipinski definition) is 5. The Kier molecular flexibility index (Phi) is 6.79. The highest BCUT2D eigenvalue weighted by molar-refractivity contribution is 5.89. The summed E-state index contributed by atoms with van der Waals surface area (Å²) >= 11 is 0. The van der Waals surface area contributed by atoms with Crippen LogP contribution >= 0.6 is 0 Å². The lowest BCUT2D eigenvalue weighted by Crippen LogP contribution is -2.36. The zero-order valence-electron chi connectivity index (χ0n) is 14.1. The van der Waals surface area contributed by atoms with Gasteiger partial charge < -0.3 is 14.2 Å². The van der Waals surface area contributed by atoms with Gasteiger partial charge in [-0.1, -0.05) is 24.3 Å². The van der Waals surface area contributed by atoms with E-state index in [1.54, 1.807) is 25.3 Å². The van der Waals surface area contributed by atoms with Crippen molar-refractivity contribution in [2.24, 2.45) is 0 Å². The number of para-hydroxylation sites is 1. The van der Waals surface area contributed by atoms with Gasteiger partial charge >= 0.3 is 12.2 Å². The van der Waals surface area contributed by atoms with Gasteiger partial charge in [-0.2, -0.15) is 0 Å². The number of anilines is 2. The fraction of sp³-hybridized carbons (Fsp3) is 0.222. The van der Waals surface area contributed by atoms with Gasteiger partial charge in [0.2, 0.25) is 0 Å². The van der Waals surface area contributed by atoms with Gasteiger partial charge in [0.15, 0.2) is 0 Å². The molecule has 0 fully saturated rings. The molecule has 0 spiro atoms. The third-order valence-corrected chi connectivity index (χ3v) is 3.28. The normalized spacial score (nSPS) is 10.0. The maximum Gasteiger partial charge on any atom is 0.419 e. The van der Waals surface area contributed by atoms with Gasteiger partial charge in [-0.25, -0.2) is 9.59 Å². The molecule has 0 unspecified atom stereocenters. The molecule has 0 aliphatic heterocycles. The Bertz CT molecular complexity index is 706. The molecule has 2 aromatic rings. The van der Waals surface area contributed by atoms with E-state index in [0.29, 0.717) is 30.3 Å². The van der Waals surface area contributed by atoms with Gasteiger partial charge in [0, 0.05) is 24.6 Å². The molecule has 7 nitrogen and oxygen atoms in total. The zero-order valence-corrected chi connectivity index (χ0v) is 14.1. The molecule has 0 radical (unpaired) electrons. The first kappa shape index (κ1) is 18.3. The summed E-state index contributed by atoms with van der Waals surface area (Å²) in [4.78, 5) is 25.3. The van der Waals surface area contributed by atoms with Crippen LogP contribution in [0.15, 0.2) is 54.6 Å². The SMILES string of the molecule is COCCN(C(=O)Oc1cccc(NC(=O)OC)c1)c1ccccc1. The van der Waals surface area contributed by atoms with Crippen LogP contribution in [0.4, 0.5) is 21.0 Å². The Morgan fingerprint density at radius 3 is 2.48 bits per heavy atom. The minimum atomic E-state index is -0.602. The molecule has 0 aliphatic carbocycles. The molecule has 132 valence electrons. The summed E-state index contributed by atoms with van der Waals surface area (Å²) < 4.78 is 15.0. The lowest BCUT2D eigenvalue weighted by atomic mass is 10.3. The highest BCUT2D eigenvalue weighted by atomic mass is 16.6. The van der Waals surface area contributed by atoms with E-state index < -0.39 is 12.2 Å². The van der Waals surface area contributed by atoms with Gasteiger partial charge in [-0.15, -0.1) is 0 Å². The molecule has 0 heterocycles. The first-order chi connectivity index (χ1) is 12.1. The molecule has 0 atom stereocenters. The average molecular weight is 344 g/mol. The average Bonchev–Trinajstić information content (AvgIpc) is 2.63. The molecule has 0 bridgehead atoms. The Hall–Kier alpha value is -3.06. The van der Waals surface area contributed by atoms with Crippen LogP contribution in [-0.4, -0.2) is 39.6 Å². The quantitative estimate of drug-likeness (QED) is 0.867. The van der Waals surface area contributed by atoms with Crippen molar-refractivity contribution in [2.45, 2.75) is 0 Å². The van der Waals surface area contributed by atoms with Gasteiger partial charge in [-0.3, -0.25) is 10.2 Å². The van der Waals surface area contributed by atoms with Gasteiger partial charge in [0.05, 0.1) is 20.3 Å². The molecule has 0 aliphatic rings. The van der Waals surface area contributed by atoms with Gasteiger partial charge in [0.25, 0.3) is 0 Å². The number of carbonyl (C=O) groups is 2. The highest BCUT2D eigenvalue weighted by Gasteiger charge is 2.18. The molecule has 2 rings (SSSR count). The van der Waals surface area contributed by atoms with Crippen LogP contribution in [0.1, 0.15) is 0 Å². The largest absolute Gasteiger partial charge is 0.453 e. The summed E-state index contributed by atoms with van der Waals surface area (Å²) in [7, 11) is 2.84. The fourth-order valence-corrected chi connectivity index (χ4v) is 2.08. The maximum absolute atomic E-state index is 12.5. The van der Waals surface area contributed by atoms with Crippen molar-refractivity contribution in [3.8, 4) is 5.75 Å². The van der Waals surface area contributed by atoms with Crippen LogP contribution in [0, 0.1) is 0 Å². The van der Waals surface area contributed by atoms with E-state index in [9.17, 15) is 9.59 Å². The standard InChI is InChI=1S/C18H20N2O5/c1-23-12-11-20(15-8-4-3-5-9-15)18(22)25-16-10-6-7-14(13-16)19-17(21)24-2/h3-10,13H,11-12H2,1-2H3,(H,19,21). The van der Waals surface area contributed by atoms with Crippen LogP contribution in [0.5, 0.6) is 5.75 Å². The zero-order chi connectivity index (χ0) is 18.1. The molecule has 2 aromatic carbocycles. The number of nitrogens with zero attached hydrogens (tertiary/aromatic N) is 1. The number of carbonyl (C=O) groups excluding carboxylic acids is 2. The lowest BCUT2D eigenvalue weighted by Gasteiger charge is -2.21. The number of nitrogens with one attached hydrogen (secondary N) is 1. The number of benzene rings is 2. The Morgan fingerprint density at radius 2 is 1.80 bits per heavy atom. The molecule has 0 aromatic heterocycles. The second-order valence-electron chi connectivity index (χ2n) is 4.99. The second-order valence-corrected chi connectivity index (χ2v) is 4.99. The number of amides is 2. The molecular weight excluding hydrogens is 324 g/mol. The Balaban J connectivity index is 2.12. The molecule has 0 saturated carbocycles. The van der Waals surface area contributed by atoms with Crippen molar-refractivity contribution in [3.05, 3.63) is 54.6 Å². The summed E-state index contributed by atoms with van der Waals surface area (Å²) in [6, 6.07) is 15.6. The Morgan fingerprint density at radius 1 is 1.04 bits per heavy atom. The summed E-state index contributed by atoms with van der Waals surface area (Å²) in [5.74, 6) is 0.303. The van der Waals surface area contributed by atoms with Crippen LogP contribution in [0.2, 0.25) is 0 Å². The minimum Gasteiger partial charge on any atom is -0.453 e. The second kappa shape index (κ2) is 9.29. The third-order valence-electron chi connectivity index (χ3n) is 3.28. The molecule has 2 amide bonds. The van der Waals surface area contributed by atoms with Crippen LogP contribution < -0.4 is 15.0 Å². The predicted octanol–water partition coefficient (Wildman–Crippen LogP) is 3.52. The van der Waals surface area contributed by atoms with Crippen LogP contribution in [-0.2, 0) is 9.47 Å². The van der Waals surface area contributed by atoms with E-state index in [0.717, 1.165) is 0 Å². The molecule has 25 heavy (non-hydrogen) atoms. The first-order valence-corrected chi connectivity index (χ1v) is 7.62. The molecule has 0 saturated heterocycles. The smallest absolute Gasteiger partial charge is 0.419 e. The van der Waals surface area contributed by atoms with E-state index in [-0.39, 0.29) is 0 Å². The number of ether oxygens (including phenoxy) is 3. The molecule has 7 heteroatoms. The van der Waals surface area contributed by atoms with Crippen molar-refractivity contribution >= 4 is 23.6 Å². The highest BCUT2D eigenvalue weighted by Crippen LogP contribution is 2.20. The lowest BCUT2D eigenvalue weighted by molar-refractivity contribution is 0.187. The van der Waals surface area contributed by atoms with E-state index >= 15 is 0 Å². The van der Waals surface area contributed by atoms with Crippen LogP contribution in [0.3, 0.4) is 0 Å². The number of hydrogen-bond donors (Lipinski definition) is 1. The van der Waals surface area contributed by atoms with E-state index in [4.69, 9.17) is 9.47 Å². The minimum absolute atomic E-state index is 0.303. The maximum atomic E-state index is 12.5. The van der Waals surface area contributed by atoms with E-state index in [2.05, 4.69) is 10.1 Å². The molecule has 1 N–H and O–H groups in total. The number of rotatable bonds is 6. The number of methoxy groups -OCH3 is 2. The van der Waals surface area contributed by atoms with Crippen molar-refractivity contribution in [1.29, 1.82) is 0 Å². The van der Waals surface area contributed by atoms with Crippen molar-refractivity contribution in [3.63, 3.8) is 0 Å². The van der Waals surface area contributed by atoms with Crippen LogP contribution in [0.25, 0.3) is 0 Å². The summed E-state index contributed by atoms with van der Waals surface area (Å²) in [6.45, 7) is 0.716.